The van der Waals surface area contributed by atoms with Crippen LogP contribution in [-0.4, -0.2) is 33.6 Å². The van der Waals surface area contributed by atoms with E-state index in [-0.39, 0.29) is 17.2 Å². The van der Waals surface area contributed by atoms with Gasteiger partial charge in [-0.2, -0.15) is 0 Å². The summed E-state index contributed by atoms with van der Waals surface area (Å²) in [4.78, 5) is 23.9. The van der Waals surface area contributed by atoms with Crippen molar-refractivity contribution >= 4 is 38.9 Å². The summed E-state index contributed by atoms with van der Waals surface area (Å²) in [6, 6.07) is 10.9. The normalized spacial score (nSPS) is 10.7. The molecule has 0 aliphatic heterocycles. The number of nitrogens with one attached hydrogen (secondary N) is 3. The number of amides is 2. The SMILES string of the molecule is COc1ccc(NC(C)=O)c(NC(=O)c2cccc(NS(C)(=O)=O)c2)c1. The molecule has 0 radical (unpaired) electrons. The first kappa shape index (κ1) is 19.3. The Hall–Kier alpha value is -3.07. The number of hydrogen-bond acceptors (Lipinski definition) is 5. The van der Waals surface area contributed by atoms with Crippen LogP contribution >= 0.6 is 0 Å². The van der Waals surface area contributed by atoms with E-state index in [9.17, 15) is 18.0 Å². The van der Waals surface area contributed by atoms with E-state index in [0.717, 1.165) is 6.26 Å². The van der Waals surface area contributed by atoms with Gasteiger partial charge in [0.15, 0.2) is 0 Å². The fraction of sp³-hybridized carbons (Fsp3) is 0.176. The van der Waals surface area contributed by atoms with Crippen LogP contribution in [0.5, 0.6) is 5.75 Å². The molecule has 8 nitrogen and oxygen atoms in total. The lowest BCUT2D eigenvalue weighted by Crippen LogP contribution is -2.16. The Morgan fingerprint density at radius 1 is 1.00 bits per heavy atom. The predicted molar refractivity (Wildman–Crippen MR) is 100 cm³/mol. The fourth-order valence-corrected chi connectivity index (χ4v) is 2.74. The molecule has 0 bridgehead atoms. The maximum atomic E-state index is 12.5. The molecule has 138 valence electrons. The molecular weight excluding hydrogens is 358 g/mol. The summed E-state index contributed by atoms with van der Waals surface area (Å²) in [7, 11) is -1.97. The first-order valence-electron chi connectivity index (χ1n) is 7.53. The van der Waals surface area contributed by atoms with Crippen LogP contribution in [0.3, 0.4) is 0 Å². The molecule has 9 heteroatoms. The largest absolute Gasteiger partial charge is 0.497 e. The summed E-state index contributed by atoms with van der Waals surface area (Å²) in [5, 5.41) is 5.31. The number of ether oxygens (including phenoxy) is 1. The number of sulfonamides is 1. The van der Waals surface area contributed by atoms with E-state index in [2.05, 4.69) is 15.4 Å². The smallest absolute Gasteiger partial charge is 0.255 e. The van der Waals surface area contributed by atoms with Crippen molar-refractivity contribution in [1.82, 2.24) is 0 Å². The third-order valence-corrected chi connectivity index (χ3v) is 3.82. The van der Waals surface area contributed by atoms with Crippen LogP contribution in [0.4, 0.5) is 17.1 Å². The second-order valence-corrected chi connectivity index (χ2v) is 7.25. The maximum absolute atomic E-state index is 12.5. The van der Waals surface area contributed by atoms with Gasteiger partial charge in [0.25, 0.3) is 5.91 Å². The second kappa shape index (κ2) is 7.87. The van der Waals surface area contributed by atoms with Gasteiger partial charge in [-0.15, -0.1) is 0 Å². The highest BCUT2D eigenvalue weighted by molar-refractivity contribution is 7.92. The second-order valence-electron chi connectivity index (χ2n) is 5.50. The van der Waals surface area contributed by atoms with Gasteiger partial charge >= 0.3 is 0 Å². The van der Waals surface area contributed by atoms with Crippen LogP contribution in [0.25, 0.3) is 0 Å². The van der Waals surface area contributed by atoms with E-state index in [0.29, 0.717) is 17.1 Å². The third-order valence-electron chi connectivity index (χ3n) is 3.21. The van der Waals surface area contributed by atoms with Crippen LogP contribution in [0.2, 0.25) is 0 Å². The van der Waals surface area contributed by atoms with Crippen molar-refractivity contribution in [3.63, 3.8) is 0 Å². The van der Waals surface area contributed by atoms with E-state index in [1.807, 2.05) is 0 Å². The lowest BCUT2D eigenvalue weighted by Gasteiger charge is -2.13. The summed E-state index contributed by atoms with van der Waals surface area (Å²) < 4.78 is 30.1. The highest BCUT2D eigenvalue weighted by atomic mass is 32.2. The Morgan fingerprint density at radius 3 is 2.35 bits per heavy atom. The molecule has 26 heavy (non-hydrogen) atoms. The minimum atomic E-state index is -3.45. The van der Waals surface area contributed by atoms with Gasteiger partial charge in [-0.1, -0.05) is 6.07 Å². The van der Waals surface area contributed by atoms with Crippen molar-refractivity contribution in [2.75, 3.05) is 28.7 Å². The fourth-order valence-electron chi connectivity index (χ4n) is 2.18. The Balaban J connectivity index is 2.29. The van der Waals surface area contributed by atoms with Crippen molar-refractivity contribution in [2.45, 2.75) is 6.92 Å². The van der Waals surface area contributed by atoms with Crippen LogP contribution in [0, 0.1) is 0 Å². The molecular formula is C17H19N3O5S. The van der Waals surface area contributed by atoms with E-state index in [4.69, 9.17) is 4.74 Å². The molecule has 0 unspecified atom stereocenters. The van der Waals surface area contributed by atoms with Crippen molar-refractivity contribution in [1.29, 1.82) is 0 Å². The molecule has 2 amide bonds. The molecule has 0 heterocycles. The molecule has 0 atom stereocenters. The number of anilines is 3. The number of benzene rings is 2. The van der Waals surface area contributed by atoms with Crippen LogP contribution in [0.1, 0.15) is 17.3 Å². The van der Waals surface area contributed by atoms with Gasteiger partial charge in [0.2, 0.25) is 15.9 Å². The van der Waals surface area contributed by atoms with E-state index in [1.54, 1.807) is 30.3 Å². The van der Waals surface area contributed by atoms with Crippen molar-refractivity contribution in [3.05, 3.63) is 48.0 Å². The standard InChI is InChI=1S/C17H19N3O5S/c1-11(21)18-15-8-7-14(25-2)10-16(15)19-17(22)12-5-4-6-13(9-12)20-26(3,23)24/h4-10,20H,1-3H3,(H,18,21)(H,19,22). The first-order chi connectivity index (χ1) is 12.2. The molecule has 0 aliphatic rings. The van der Waals surface area contributed by atoms with Crippen molar-refractivity contribution < 1.29 is 22.7 Å². The van der Waals surface area contributed by atoms with Gasteiger partial charge < -0.3 is 15.4 Å². The highest BCUT2D eigenvalue weighted by Gasteiger charge is 2.13. The molecule has 0 fully saturated rings. The highest BCUT2D eigenvalue weighted by Crippen LogP contribution is 2.28. The van der Waals surface area contributed by atoms with Gasteiger partial charge in [-0.25, -0.2) is 8.42 Å². The summed E-state index contributed by atoms with van der Waals surface area (Å²) in [6.45, 7) is 1.36. The Kier molecular flexibility index (Phi) is 5.83. The number of methoxy groups -OCH3 is 1. The zero-order valence-corrected chi connectivity index (χ0v) is 15.3. The summed E-state index contributed by atoms with van der Waals surface area (Å²) in [5.41, 5.74) is 1.28. The molecule has 0 aliphatic carbocycles. The molecule has 0 saturated heterocycles. The average Bonchev–Trinajstić information content (AvgIpc) is 2.54. The molecule has 0 saturated carbocycles. The van der Waals surface area contributed by atoms with E-state index >= 15 is 0 Å². The molecule has 2 aromatic carbocycles. The predicted octanol–water partition coefficient (Wildman–Crippen LogP) is 2.28. The van der Waals surface area contributed by atoms with Crippen LogP contribution < -0.4 is 20.1 Å². The maximum Gasteiger partial charge on any atom is 0.255 e. The lowest BCUT2D eigenvalue weighted by molar-refractivity contribution is -0.114. The quantitative estimate of drug-likeness (QED) is 0.715. The van der Waals surface area contributed by atoms with Gasteiger partial charge in [-0.05, 0) is 30.3 Å². The van der Waals surface area contributed by atoms with Gasteiger partial charge in [0, 0.05) is 24.2 Å². The number of carbonyl (C=O) groups excluding carboxylic acids is 2. The monoisotopic (exact) mass is 377 g/mol. The van der Waals surface area contributed by atoms with Gasteiger partial charge in [0.1, 0.15) is 5.75 Å². The summed E-state index contributed by atoms with van der Waals surface area (Å²) in [6.07, 6.45) is 1.02. The van der Waals surface area contributed by atoms with E-state index in [1.165, 1.54) is 26.2 Å². The molecule has 2 rings (SSSR count). The summed E-state index contributed by atoms with van der Waals surface area (Å²) in [5.74, 6) is -0.256. The Morgan fingerprint density at radius 2 is 1.73 bits per heavy atom. The molecule has 3 N–H and O–H groups in total. The molecule has 0 aromatic heterocycles. The zero-order chi connectivity index (χ0) is 19.3. The van der Waals surface area contributed by atoms with Gasteiger partial charge in [-0.3, -0.25) is 14.3 Å². The molecule has 2 aromatic rings. The molecule has 0 spiro atoms. The minimum Gasteiger partial charge on any atom is -0.497 e. The Bertz CT molecular complexity index is 941. The van der Waals surface area contributed by atoms with Crippen molar-refractivity contribution in [3.8, 4) is 5.75 Å². The zero-order valence-electron chi connectivity index (χ0n) is 14.5. The topological polar surface area (TPSA) is 114 Å². The third kappa shape index (κ3) is 5.49. The summed E-state index contributed by atoms with van der Waals surface area (Å²) >= 11 is 0. The number of carbonyl (C=O) groups is 2. The van der Waals surface area contributed by atoms with Crippen LogP contribution in [-0.2, 0) is 14.8 Å². The first-order valence-corrected chi connectivity index (χ1v) is 9.42. The minimum absolute atomic E-state index is 0.246. The van der Waals surface area contributed by atoms with Crippen LogP contribution in [0.15, 0.2) is 42.5 Å². The van der Waals surface area contributed by atoms with Crippen molar-refractivity contribution in [2.24, 2.45) is 0 Å². The Labute approximate surface area is 151 Å². The average molecular weight is 377 g/mol. The van der Waals surface area contributed by atoms with Gasteiger partial charge in [0.05, 0.1) is 24.7 Å². The number of rotatable bonds is 6. The van der Waals surface area contributed by atoms with E-state index < -0.39 is 15.9 Å². The number of hydrogen-bond donors (Lipinski definition) is 3. The lowest BCUT2D eigenvalue weighted by atomic mass is 10.1.